The van der Waals surface area contributed by atoms with Gasteiger partial charge in [-0.2, -0.15) is 0 Å². The molecule has 20 heavy (non-hydrogen) atoms. The lowest BCUT2D eigenvalue weighted by Gasteiger charge is -2.07. The third-order valence-electron chi connectivity index (χ3n) is 3.02. The predicted molar refractivity (Wildman–Crippen MR) is 76.5 cm³/mol. The number of rotatable bonds is 5. The highest BCUT2D eigenvalue weighted by Crippen LogP contribution is 2.08. The van der Waals surface area contributed by atoms with Crippen LogP contribution in [0.15, 0.2) is 24.4 Å². The van der Waals surface area contributed by atoms with Gasteiger partial charge in [0.25, 0.3) is 0 Å². The van der Waals surface area contributed by atoms with E-state index in [4.69, 9.17) is 5.11 Å². The molecular weight excluding hydrogens is 256 g/mol. The molecule has 0 aromatic carbocycles. The molecule has 0 aliphatic heterocycles. The number of carbonyl (C=O) groups is 1. The van der Waals surface area contributed by atoms with E-state index in [1.54, 1.807) is 6.92 Å². The molecular formula is C14H20N4O2. The number of fused-ring (bicyclic) bond motifs is 1. The fourth-order valence-corrected chi connectivity index (χ4v) is 1.91. The Morgan fingerprint density at radius 3 is 2.95 bits per heavy atom. The van der Waals surface area contributed by atoms with Gasteiger partial charge in [-0.05, 0) is 32.4 Å². The van der Waals surface area contributed by atoms with Gasteiger partial charge in [0.2, 0.25) is 0 Å². The first kappa shape index (κ1) is 14.3. The van der Waals surface area contributed by atoms with Crippen LogP contribution >= 0.6 is 0 Å². The average molecular weight is 276 g/mol. The zero-order chi connectivity index (χ0) is 14.5. The normalized spacial score (nSPS) is 12.3. The van der Waals surface area contributed by atoms with Crippen LogP contribution in [0.5, 0.6) is 0 Å². The van der Waals surface area contributed by atoms with Gasteiger partial charge < -0.3 is 20.1 Å². The van der Waals surface area contributed by atoms with Crippen molar-refractivity contribution < 1.29 is 9.90 Å². The first-order chi connectivity index (χ1) is 9.56. The van der Waals surface area contributed by atoms with Gasteiger partial charge in [-0.25, -0.2) is 9.78 Å². The number of nitrogens with zero attached hydrogens (tertiary/aromatic N) is 2. The van der Waals surface area contributed by atoms with Crippen LogP contribution in [0.2, 0.25) is 0 Å². The highest BCUT2D eigenvalue weighted by atomic mass is 16.3. The van der Waals surface area contributed by atoms with E-state index in [1.807, 2.05) is 35.7 Å². The zero-order valence-corrected chi connectivity index (χ0v) is 11.8. The van der Waals surface area contributed by atoms with Crippen LogP contribution in [0, 0.1) is 6.92 Å². The number of nitrogens with one attached hydrogen (secondary N) is 2. The summed E-state index contributed by atoms with van der Waals surface area (Å²) in [6, 6.07) is 5.64. The number of hydrogen-bond donors (Lipinski definition) is 3. The molecule has 3 N–H and O–H groups in total. The van der Waals surface area contributed by atoms with Crippen molar-refractivity contribution in [3.63, 3.8) is 0 Å². The molecule has 1 unspecified atom stereocenters. The van der Waals surface area contributed by atoms with E-state index >= 15 is 0 Å². The Kier molecular flexibility index (Phi) is 4.57. The summed E-state index contributed by atoms with van der Waals surface area (Å²) < 4.78 is 1.99. The number of carbonyl (C=O) groups excluding carboxylic acids is 1. The minimum Gasteiger partial charge on any atom is -0.393 e. The van der Waals surface area contributed by atoms with Gasteiger partial charge in [0.1, 0.15) is 5.65 Å². The Bertz CT molecular complexity index is 592. The van der Waals surface area contributed by atoms with Crippen LogP contribution in [0.1, 0.15) is 24.7 Å². The molecule has 0 aliphatic carbocycles. The van der Waals surface area contributed by atoms with E-state index in [1.165, 1.54) is 0 Å². The summed E-state index contributed by atoms with van der Waals surface area (Å²) in [5.74, 6) is 0. The lowest BCUT2D eigenvalue weighted by molar-refractivity contribution is 0.183. The fraction of sp³-hybridized carbons (Fsp3) is 0.429. The minimum absolute atomic E-state index is 0.251. The van der Waals surface area contributed by atoms with E-state index < -0.39 is 6.10 Å². The Hall–Kier alpha value is -2.08. The molecule has 6 heteroatoms. The van der Waals surface area contributed by atoms with Crippen LogP contribution in [0.4, 0.5) is 4.79 Å². The summed E-state index contributed by atoms with van der Waals surface area (Å²) in [5, 5.41) is 14.5. The maximum absolute atomic E-state index is 11.5. The van der Waals surface area contributed by atoms with Crippen molar-refractivity contribution in [1.29, 1.82) is 0 Å². The number of hydrogen-bond acceptors (Lipinski definition) is 3. The molecule has 0 bridgehead atoms. The molecule has 2 aromatic heterocycles. The van der Waals surface area contributed by atoms with E-state index in [9.17, 15) is 4.79 Å². The summed E-state index contributed by atoms with van der Waals surface area (Å²) in [4.78, 5) is 16.0. The molecule has 1 atom stereocenters. The highest BCUT2D eigenvalue weighted by Gasteiger charge is 2.05. The Morgan fingerprint density at radius 2 is 2.25 bits per heavy atom. The number of imidazole rings is 1. The van der Waals surface area contributed by atoms with Crippen LogP contribution in [-0.4, -0.2) is 33.2 Å². The maximum atomic E-state index is 11.5. The van der Waals surface area contributed by atoms with Crippen molar-refractivity contribution in [2.45, 2.75) is 32.9 Å². The quantitative estimate of drug-likeness (QED) is 0.768. The van der Waals surface area contributed by atoms with Crippen LogP contribution in [-0.2, 0) is 6.54 Å². The minimum atomic E-state index is -0.406. The third kappa shape index (κ3) is 3.71. The molecule has 0 radical (unpaired) electrons. The summed E-state index contributed by atoms with van der Waals surface area (Å²) in [7, 11) is 0. The first-order valence-electron chi connectivity index (χ1n) is 6.69. The number of pyridine rings is 1. The molecule has 2 rings (SSSR count). The fourth-order valence-electron chi connectivity index (χ4n) is 1.91. The van der Waals surface area contributed by atoms with Crippen LogP contribution < -0.4 is 10.6 Å². The third-order valence-corrected chi connectivity index (χ3v) is 3.02. The number of aryl methyl sites for hydroxylation is 1. The van der Waals surface area contributed by atoms with E-state index in [2.05, 4.69) is 15.6 Å². The molecule has 0 spiro atoms. The van der Waals surface area contributed by atoms with Crippen molar-refractivity contribution in [2.75, 3.05) is 6.54 Å². The van der Waals surface area contributed by atoms with Crippen LogP contribution in [0.25, 0.3) is 5.65 Å². The van der Waals surface area contributed by atoms with Gasteiger partial charge in [0.05, 0.1) is 18.3 Å². The van der Waals surface area contributed by atoms with Crippen molar-refractivity contribution >= 4 is 11.7 Å². The standard InChI is InChI=1S/C14H20N4O2/c1-10-4-3-5-13-17-12(9-18(10)13)8-16-14(20)15-7-6-11(2)19/h3-5,9,11,19H,6-8H2,1-2H3,(H2,15,16,20). The molecule has 0 fully saturated rings. The molecule has 2 amide bonds. The molecule has 0 saturated carbocycles. The van der Waals surface area contributed by atoms with Gasteiger partial charge >= 0.3 is 6.03 Å². The van der Waals surface area contributed by atoms with Crippen molar-refractivity contribution in [2.24, 2.45) is 0 Å². The Morgan fingerprint density at radius 1 is 1.45 bits per heavy atom. The topological polar surface area (TPSA) is 78.7 Å². The van der Waals surface area contributed by atoms with Gasteiger partial charge in [-0.15, -0.1) is 0 Å². The lowest BCUT2D eigenvalue weighted by Crippen LogP contribution is -2.36. The lowest BCUT2D eigenvalue weighted by atomic mass is 10.3. The number of urea groups is 1. The Labute approximate surface area is 117 Å². The average Bonchev–Trinajstić information content (AvgIpc) is 2.80. The number of aromatic nitrogens is 2. The van der Waals surface area contributed by atoms with E-state index in [-0.39, 0.29) is 6.03 Å². The van der Waals surface area contributed by atoms with Gasteiger partial charge in [0, 0.05) is 18.4 Å². The first-order valence-corrected chi connectivity index (χ1v) is 6.69. The second-order valence-electron chi connectivity index (χ2n) is 4.87. The van der Waals surface area contributed by atoms with Gasteiger partial charge in [-0.1, -0.05) is 6.07 Å². The second kappa shape index (κ2) is 6.38. The van der Waals surface area contributed by atoms with E-state index in [0.29, 0.717) is 19.5 Å². The SMILES string of the molecule is Cc1cccc2nc(CNC(=O)NCCC(C)O)cn12. The second-order valence-corrected chi connectivity index (χ2v) is 4.87. The molecule has 2 aromatic rings. The Balaban J connectivity index is 1.86. The molecule has 0 aliphatic rings. The molecule has 2 heterocycles. The molecule has 108 valence electrons. The van der Waals surface area contributed by atoms with Gasteiger partial charge in [-0.3, -0.25) is 0 Å². The monoisotopic (exact) mass is 276 g/mol. The summed E-state index contributed by atoms with van der Waals surface area (Å²) in [5.41, 5.74) is 2.78. The van der Waals surface area contributed by atoms with Crippen LogP contribution in [0.3, 0.4) is 0 Å². The van der Waals surface area contributed by atoms with Gasteiger partial charge in [0.15, 0.2) is 0 Å². The predicted octanol–water partition coefficient (Wildman–Crippen LogP) is 1.21. The summed E-state index contributed by atoms with van der Waals surface area (Å²) >= 11 is 0. The number of aliphatic hydroxyl groups is 1. The largest absolute Gasteiger partial charge is 0.393 e. The number of aliphatic hydroxyl groups excluding tert-OH is 1. The van der Waals surface area contributed by atoms with E-state index in [0.717, 1.165) is 17.0 Å². The summed E-state index contributed by atoms with van der Waals surface area (Å²) in [6.07, 6.45) is 2.05. The van der Waals surface area contributed by atoms with Crippen molar-refractivity contribution in [1.82, 2.24) is 20.0 Å². The maximum Gasteiger partial charge on any atom is 0.315 e. The molecule has 0 saturated heterocycles. The zero-order valence-electron chi connectivity index (χ0n) is 11.8. The van der Waals surface area contributed by atoms with Crippen molar-refractivity contribution in [3.05, 3.63) is 35.8 Å². The highest BCUT2D eigenvalue weighted by molar-refractivity contribution is 5.73. The summed E-state index contributed by atoms with van der Waals surface area (Å²) in [6.45, 7) is 4.53. The molecule has 6 nitrogen and oxygen atoms in total. The van der Waals surface area contributed by atoms with Crippen molar-refractivity contribution in [3.8, 4) is 0 Å². The smallest absolute Gasteiger partial charge is 0.315 e. The number of amides is 2.